The lowest BCUT2D eigenvalue weighted by molar-refractivity contribution is -0.142. The predicted octanol–water partition coefficient (Wildman–Crippen LogP) is 5.44. The van der Waals surface area contributed by atoms with Crippen LogP contribution in [0.15, 0.2) is 78.9 Å². The van der Waals surface area contributed by atoms with Gasteiger partial charge in [-0.2, -0.15) is 0 Å². The van der Waals surface area contributed by atoms with Crippen LogP contribution in [0.3, 0.4) is 0 Å². The van der Waals surface area contributed by atoms with Gasteiger partial charge in [0.25, 0.3) is 5.91 Å². The molecule has 5 nitrogen and oxygen atoms in total. The third kappa shape index (κ3) is 8.15. The van der Waals surface area contributed by atoms with E-state index in [1.807, 2.05) is 75.4 Å². The number of carbonyl (C=O) groups excluding carboxylic acids is 2. The highest BCUT2D eigenvalue weighted by Crippen LogP contribution is 2.23. The van der Waals surface area contributed by atoms with E-state index in [0.717, 1.165) is 16.7 Å². The van der Waals surface area contributed by atoms with Crippen molar-refractivity contribution in [2.45, 2.75) is 39.8 Å². The summed E-state index contributed by atoms with van der Waals surface area (Å²) < 4.78 is 5.76. The fourth-order valence-corrected chi connectivity index (χ4v) is 3.96. The topological polar surface area (TPSA) is 58.6 Å². The number of hydrogen-bond donors (Lipinski definition) is 1. The predicted molar refractivity (Wildman–Crippen MR) is 140 cm³/mol. The van der Waals surface area contributed by atoms with Gasteiger partial charge in [0.1, 0.15) is 11.8 Å². The van der Waals surface area contributed by atoms with Crippen LogP contribution in [0.4, 0.5) is 0 Å². The Kier molecular flexibility index (Phi) is 9.74. The third-order valence-electron chi connectivity index (χ3n) is 5.58. The molecule has 0 saturated heterocycles. The molecule has 0 aliphatic carbocycles. The summed E-state index contributed by atoms with van der Waals surface area (Å²) in [5.74, 6) is 0.260. The van der Waals surface area contributed by atoms with Crippen molar-refractivity contribution >= 4 is 23.4 Å². The Morgan fingerprint density at radius 2 is 1.63 bits per heavy atom. The lowest BCUT2D eigenvalue weighted by atomic mass is 10.0. The Morgan fingerprint density at radius 1 is 0.943 bits per heavy atom. The molecule has 3 aromatic rings. The van der Waals surface area contributed by atoms with Gasteiger partial charge in [-0.1, -0.05) is 97.7 Å². The van der Waals surface area contributed by atoms with E-state index >= 15 is 0 Å². The van der Waals surface area contributed by atoms with Gasteiger partial charge >= 0.3 is 0 Å². The van der Waals surface area contributed by atoms with E-state index in [1.165, 1.54) is 0 Å². The quantitative estimate of drug-likeness (QED) is 0.387. The number of hydrogen-bond acceptors (Lipinski definition) is 3. The molecule has 35 heavy (non-hydrogen) atoms. The summed E-state index contributed by atoms with van der Waals surface area (Å²) in [5, 5.41) is 3.45. The number of aryl methyl sites for hydroxylation is 1. The van der Waals surface area contributed by atoms with Gasteiger partial charge in [0, 0.05) is 19.5 Å². The molecule has 0 spiro atoms. The van der Waals surface area contributed by atoms with Crippen LogP contribution in [-0.2, 0) is 22.6 Å². The van der Waals surface area contributed by atoms with Crippen molar-refractivity contribution in [3.8, 4) is 5.75 Å². The van der Waals surface area contributed by atoms with Crippen molar-refractivity contribution in [3.63, 3.8) is 0 Å². The van der Waals surface area contributed by atoms with Crippen molar-refractivity contribution in [2.24, 2.45) is 5.92 Å². The molecule has 3 rings (SSSR count). The Bertz CT molecular complexity index is 1120. The SMILES string of the molecule is Cc1cccc(CN(C(=O)COc2ccccc2Cl)C(Cc2ccccc2)C(=O)NCC(C)C)c1. The van der Waals surface area contributed by atoms with Gasteiger partial charge in [-0.15, -0.1) is 0 Å². The van der Waals surface area contributed by atoms with E-state index in [9.17, 15) is 9.59 Å². The third-order valence-corrected chi connectivity index (χ3v) is 5.89. The van der Waals surface area contributed by atoms with Crippen molar-refractivity contribution in [2.75, 3.05) is 13.2 Å². The zero-order chi connectivity index (χ0) is 25.2. The van der Waals surface area contributed by atoms with Crippen molar-refractivity contribution in [1.29, 1.82) is 0 Å². The molecule has 0 aromatic heterocycles. The van der Waals surface area contributed by atoms with Gasteiger partial charge in [0.2, 0.25) is 5.91 Å². The number of ether oxygens (including phenoxy) is 1. The number of amides is 2. The first-order valence-corrected chi connectivity index (χ1v) is 12.2. The lowest BCUT2D eigenvalue weighted by Crippen LogP contribution is -2.52. The van der Waals surface area contributed by atoms with Crippen LogP contribution in [0, 0.1) is 12.8 Å². The molecular weight excluding hydrogens is 460 g/mol. The summed E-state index contributed by atoms with van der Waals surface area (Å²) in [6.45, 7) is 6.69. The molecule has 1 atom stereocenters. The molecule has 0 bridgehead atoms. The number of carbonyl (C=O) groups is 2. The highest BCUT2D eigenvalue weighted by Gasteiger charge is 2.30. The van der Waals surface area contributed by atoms with Gasteiger partial charge < -0.3 is 15.0 Å². The second kappa shape index (κ2) is 13.0. The summed E-state index contributed by atoms with van der Waals surface area (Å²) in [6, 6.07) is 24.0. The van der Waals surface area contributed by atoms with Crippen LogP contribution in [-0.4, -0.2) is 35.9 Å². The van der Waals surface area contributed by atoms with Crippen molar-refractivity contribution in [1.82, 2.24) is 10.2 Å². The molecule has 0 radical (unpaired) electrons. The summed E-state index contributed by atoms with van der Waals surface area (Å²) in [7, 11) is 0. The lowest BCUT2D eigenvalue weighted by Gasteiger charge is -2.32. The molecule has 3 aromatic carbocycles. The van der Waals surface area contributed by atoms with E-state index in [0.29, 0.717) is 36.2 Å². The van der Waals surface area contributed by atoms with Gasteiger partial charge in [0.05, 0.1) is 5.02 Å². The molecule has 1 N–H and O–H groups in total. The van der Waals surface area contributed by atoms with E-state index in [2.05, 4.69) is 5.32 Å². The number of para-hydroxylation sites is 1. The maximum Gasteiger partial charge on any atom is 0.261 e. The zero-order valence-electron chi connectivity index (χ0n) is 20.5. The van der Waals surface area contributed by atoms with Gasteiger partial charge in [-0.25, -0.2) is 0 Å². The number of nitrogens with zero attached hydrogens (tertiary/aromatic N) is 1. The first-order chi connectivity index (χ1) is 16.8. The zero-order valence-corrected chi connectivity index (χ0v) is 21.3. The summed E-state index contributed by atoms with van der Waals surface area (Å²) in [6.07, 6.45) is 0.397. The Labute approximate surface area is 213 Å². The van der Waals surface area contributed by atoms with Crippen molar-refractivity contribution < 1.29 is 14.3 Å². The monoisotopic (exact) mass is 492 g/mol. The maximum absolute atomic E-state index is 13.6. The van der Waals surface area contributed by atoms with Crippen LogP contribution >= 0.6 is 11.6 Å². The Morgan fingerprint density at radius 3 is 2.31 bits per heavy atom. The molecule has 2 amide bonds. The largest absolute Gasteiger partial charge is 0.482 e. The smallest absolute Gasteiger partial charge is 0.261 e. The fraction of sp³-hybridized carbons (Fsp3) is 0.310. The molecule has 0 fully saturated rings. The Balaban J connectivity index is 1.91. The molecular formula is C29H33ClN2O3. The average Bonchev–Trinajstić information content (AvgIpc) is 2.84. The van der Waals surface area contributed by atoms with Gasteiger partial charge in [-0.3, -0.25) is 9.59 Å². The summed E-state index contributed by atoms with van der Waals surface area (Å²) in [4.78, 5) is 28.6. The second-order valence-electron chi connectivity index (χ2n) is 9.07. The summed E-state index contributed by atoms with van der Waals surface area (Å²) >= 11 is 6.21. The van der Waals surface area contributed by atoms with E-state index < -0.39 is 6.04 Å². The highest BCUT2D eigenvalue weighted by atomic mass is 35.5. The van der Waals surface area contributed by atoms with Crippen LogP contribution in [0.25, 0.3) is 0 Å². The summed E-state index contributed by atoms with van der Waals surface area (Å²) in [5.41, 5.74) is 3.02. The number of nitrogens with one attached hydrogen (secondary N) is 1. The van der Waals surface area contributed by atoms with Crippen LogP contribution < -0.4 is 10.1 Å². The average molecular weight is 493 g/mol. The molecule has 1 unspecified atom stereocenters. The molecule has 0 aliphatic heterocycles. The van der Waals surface area contributed by atoms with Crippen molar-refractivity contribution in [3.05, 3.63) is 101 Å². The molecule has 6 heteroatoms. The van der Waals surface area contributed by atoms with Crippen LogP contribution in [0.1, 0.15) is 30.5 Å². The van der Waals surface area contributed by atoms with Gasteiger partial charge in [0.15, 0.2) is 6.61 Å². The van der Waals surface area contributed by atoms with Crippen LogP contribution in [0.5, 0.6) is 5.75 Å². The van der Waals surface area contributed by atoms with E-state index in [4.69, 9.17) is 16.3 Å². The minimum Gasteiger partial charge on any atom is -0.482 e. The molecule has 0 aliphatic rings. The molecule has 0 saturated carbocycles. The van der Waals surface area contributed by atoms with E-state index in [-0.39, 0.29) is 18.4 Å². The molecule has 184 valence electrons. The number of halogens is 1. The molecule has 0 heterocycles. The van der Waals surface area contributed by atoms with Gasteiger partial charge in [-0.05, 0) is 36.1 Å². The normalized spacial score (nSPS) is 11.7. The van der Waals surface area contributed by atoms with E-state index in [1.54, 1.807) is 29.2 Å². The first kappa shape index (κ1) is 26.3. The highest BCUT2D eigenvalue weighted by molar-refractivity contribution is 6.32. The fourth-order valence-electron chi connectivity index (χ4n) is 3.77. The van der Waals surface area contributed by atoms with Crippen LogP contribution in [0.2, 0.25) is 5.02 Å². The minimum atomic E-state index is -0.695. The number of rotatable bonds is 11. The maximum atomic E-state index is 13.6. The second-order valence-corrected chi connectivity index (χ2v) is 9.48. The standard InChI is InChI=1S/C29H33ClN2O3/c1-21(2)18-31-29(34)26(17-23-11-5-4-6-12-23)32(19-24-13-9-10-22(3)16-24)28(33)20-35-27-15-8-7-14-25(27)30/h4-16,21,26H,17-20H2,1-3H3,(H,31,34). The Hall–Kier alpha value is -3.31. The number of benzene rings is 3. The first-order valence-electron chi connectivity index (χ1n) is 11.9. The minimum absolute atomic E-state index is 0.179.